The standard InChI is InChI=1S/C32H41N3O11/c1-16(2)25(35-32(43)45-15-21-19-10-6-4-8-17(19)18-9-5-7-11-20(18)21)29(40)34-22(30(41)42)12-13-24(36)33-14-23-26(37)27(38)28(39)31(44-3)46-23/h4-11,16,21-23,25-28,31,37-39H,12-15H2,1-3H3,(H,33,36)(H,34,40)(H,35,43)(H,41,42)/t22?,23-,25?,26-,27+,28-,31-/m1/s1. The van der Waals surface area contributed by atoms with Gasteiger partial charge in [0.15, 0.2) is 6.29 Å². The normalized spacial score (nSPS) is 23.5. The summed E-state index contributed by atoms with van der Waals surface area (Å²) in [5.74, 6) is -3.35. The van der Waals surface area contributed by atoms with E-state index in [1.54, 1.807) is 13.8 Å². The van der Waals surface area contributed by atoms with Crippen molar-refractivity contribution in [2.24, 2.45) is 5.92 Å². The summed E-state index contributed by atoms with van der Waals surface area (Å²) in [5, 5.41) is 47.1. The highest BCUT2D eigenvalue weighted by Gasteiger charge is 2.44. The van der Waals surface area contributed by atoms with E-state index in [0.29, 0.717) is 0 Å². The third kappa shape index (κ3) is 8.00. The summed E-state index contributed by atoms with van der Waals surface area (Å²) < 4.78 is 15.8. The molecule has 14 heteroatoms. The fraction of sp³-hybridized carbons (Fsp3) is 0.500. The molecule has 7 atom stereocenters. The fourth-order valence-corrected chi connectivity index (χ4v) is 5.68. The molecule has 2 aliphatic rings. The number of benzene rings is 2. The molecular formula is C32H41N3O11. The summed E-state index contributed by atoms with van der Waals surface area (Å²) in [6.07, 6.45) is -8.31. The summed E-state index contributed by atoms with van der Waals surface area (Å²) in [4.78, 5) is 50.3. The molecule has 1 heterocycles. The van der Waals surface area contributed by atoms with E-state index in [-0.39, 0.29) is 31.9 Å². The van der Waals surface area contributed by atoms with Crippen LogP contribution in [0.4, 0.5) is 4.79 Å². The van der Waals surface area contributed by atoms with Crippen LogP contribution >= 0.6 is 0 Å². The van der Waals surface area contributed by atoms with Crippen LogP contribution in [-0.2, 0) is 28.6 Å². The van der Waals surface area contributed by atoms with Gasteiger partial charge in [0.05, 0.1) is 0 Å². The van der Waals surface area contributed by atoms with Crippen molar-refractivity contribution in [3.8, 4) is 11.1 Å². The van der Waals surface area contributed by atoms with E-state index in [1.165, 1.54) is 7.11 Å². The van der Waals surface area contributed by atoms with Crippen molar-refractivity contribution in [2.45, 2.75) is 75.4 Å². The van der Waals surface area contributed by atoms with Gasteiger partial charge in [0.2, 0.25) is 11.8 Å². The zero-order chi connectivity index (χ0) is 33.5. The van der Waals surface area contributed by atoms with Crippen LogP contribution in [0.5, 0.6) is 0 Å². The number of alkyl carbamates (subject to hydrolysis) is 1. The molecule has 2 aromatic rings. The van der Waals surface area contributed by atoms with Crippen molar-refractivity contribution >= 4 is 23.9 Å². The minimum Gasteiger partial charge on any atom is -0.480 e. The second-order valence-electron chi connectivity index (χ2n) is 11.7. The lowest BCUT2D eigenvalue weighted by molar-refractivity contribution is -0.288. The molecule has 1 fully saturated rings. The molecule has 0 saturated carbocycles. The number of carbonyl (C=O) groups is 4. The summed E-state index contributed by atoms with van der Waals surface area (Å²) in [6, 6.07) is 13.2. The summed E-state index contributed by atoms with van der Waals surface area (Å²) >= 11 is 0. The number of rotatable bonds is 13. The number of aliphatic hydroxyl groups excluding tert-OH is 3. The van der Waals surface area contributed by atoms with Crippen molar-refractivity contribution in [3.63, 3.8) is 0 Å². The molecule has 2 unspecified atom stereocenters. The van der Waals surface area contributed by atoms with Crippen molar-refractivity contribution in [1.29, 1.82) is 0 Å². The van der Waals surface area contributed by atoms with Crippen LogP contribution < -0.4 is 16.0 Å². The van der Waals surface area contributed by atoms with Crippen molar-refractivity contribution < 1.29 is 53.8 Å². The van der Waals surface area contributed by atoms with Crippen LogP contribution in [0.1, 0.15) is 43.7 Å². The first-order chi connectivity index (χ1) is 21.9. The molecule has 4 rings (SSSR count). The van der Waals surface area contributed by atoms with Crippen LogP contribution in [0.2, 0.25) is 0 Å². The van der Waals surface area contributed by atoms with E-state index in [9.17, 15) is 39.6 Å². The predicted molar refractivity (Wildman–Crippen MR) is 162 cm³/mol. The largest absolute Gasteiger partial charge is 0.480 e. The van der Waals surface area contributed by atoms with Crippen LogP contribution in [0.25, 0.3) is 11.1 Å². The smallest absolute Gasteiger partial charge is 0.407 e. The van der Waals surface area contributed by atoms with Gasteiger partial charge in [-0.2, -0.15) is 0 Å². The lowest BCUT2D eigenvalue weighted by Crippen LogP contribution is -2.60. The van der Waals surface area contributed by atoms with Gasteiger partial charge in [-0.3, -0.25) is 9.59 Å². The molecule has 1 aliphatic heterocycles. The number of ether oxygens (including phenoxy) is 3. The lowest BCUT2D eigenvalue weighted by atomic mass is 9.98. The highest BCUT2D eigenvalue weighted by atomic mass is 16.7. The van der Waals surface area contributed by atoms with Gasteiger partial charge >= 0.3 is 12.1 Å². The van der Waals surface area contributed by atoms with Crippen molar-refractivity contribution in [3.05, 3.63) is 59.7 Å². The molecule has 0 radical (unpaired) electrons. The summed E-state index contributed by atoms with van der Waals surface area (Å²) in [7, 11) is 1.24. The Balaban J connectivity index is 1.28. The SMILES string of the molecule is CO[C@@H]1O[C@H](CNC(=O)CCC(NC(=O)C(NC(=O)OCC2c3ccccc3-c3ccccc32)C(C)C)C(=O)O)[C@@H](O)[C@H](O)[C@H]1O. The van der Waals surface area contributed by atoms with Crippen LogP contribution in [0, 0.1) is 5.92 Å². The Morgan fingerprint density at radius 3 is 2.07 bits per heavy atom. The Morgan fingerprint density at radius 1 is 0.891 bits per heavy atom. The first kappa shape index (κ1) is 34.8. The third-order valence-corrected chi connectivity index (χ3v) is 8.24. The van der Waals surface area contributed by atoms with Crippen LogP contribution in [-0.4, -0.2) is 107 Å². The number of nitrogens with one attached hydrogen (secondary N) is 3. The van der Waals surface area contributed by atoms with Crippen molar-refractivity contribution in [2.75, 3.05) is 20.3 Å². The number of aliphatic carboxylic acids is 1. The number of fused-ring (bicyclic) bond motifs is 3. The monoisotopic (exact) mass is 643 g/mol. The second kappa shape index (κ2) is 15.5. The number of methoxy groups -OCH3 is 1. The van der Waals surface area contributed by atoms with E-state index >= 15 is 0 Å². The zero-order valence-electron chi connectivity index (χ0n) is 25.8. The van der Waals surface area contributed by atoms with Crippen molar-refractivity contribution in [1.82, 2.24) is 16.0 Å². The molecule has 7 N–H and O–H groups in total. The zero-order valence-corrected chi connectivity index (χ0v) is 25.8. The Kier molecular flexibility index (Phi) is 11.7. The molecule has 250 valence electrons. The van der Waals surface area contributed by atoms with Gasteiger partial charge in [0.25, 0.3) is 0 Å². The van der Waals surface area contributed by atoms with Gasteiger partial charge < -0.3 is 50.6 Å². The topological polar surface area (TPSA) is 213 Å². The van der Waals surface area contributed by atoms with Gasteiger partial charge in [-0.05, 0) is 34.6 Å². The van der Waals surface area contributed by atoms with E-state index in [0.717, 1.165) is 22.3 Å². The average molecular weight is 644 g/mol. The van der Waals surface area contributed by atoms with Gasteiger partial charge in [0.1, 0.15) is 43.1 Å². The Morgan fingerprint density at radius 2 is 1.50 bits per heavy atom. The predicted octanol–water partition coefficient (Wildman–Crippen LogP) is 0.470. The number of hydrogen-bond acceptors (Lipinski definition) is 10. The molecule has 1 saturated heterocycles. The summed E-state index contributed by atoms with van der Waals surface area (Å²) in [5.41, 5.74) is 4.19. The number of carbonyl (C=O) groups excluding carboxylic acids is 3. The maximum atomic E-state index is 13.1. The molecule has 0 bridgehead atoms. The number of carboxylic acids is 1. The molecule has 2 aromatic carbocycles. The number of hydrogen-bond donors (Lipinski definition) is 7. The van der Waals surface area contributed by atoms with Gasteiger partial charge in [-0.15, -0.1) is 0 Å². The van der Waals surface area contributed by atoms with E-state index in [2.05, 4.69) is 16.0 Å². The third-order valence-electron chi connectivity index (χ3n) is 8.24. The Bertz CT molecular complexity index is 1360. The molecular weight excluding hydrogens is 602 g/mol. The van der Waals surface area contributed by atoms with E-state index in [1.807, 2.05) is 48.5 Å². The highest BCUT2D eigenvalue weighted by molar-refractivity contribution is 5.90. The van der Waals surface area contributed by atoms with E-state index < -0.39 is 72.6 Å². The molecule has 14 nitrogen and oxygen atoms in total. The summed E-state index contributed by atoms with van der Waals surface area (Å²) in [6.45, 7) is 3.15. The maximum Gasteiger partial charge on any atom is 0.407 e. The average Bonchev–Trinajstić information content (AvgIpc) is 3.36. The highest BCUT2D eigenvalue weighted by Crippen LogP contribution is 2.44. The first-order valence-corrected chi connectivity index (χ1v) is 15.1. The number of aliphatic hydroxyl groups is 3. The van der Waals surface area contributed by atoms with Gasteiger partial charge in [0, 0.05) is 26.0 Å². The molecule has 3 amide bonds. The molecule has 46 heavy (non-hydrogen) atoms. The fourth-order valence-electron chi connectivity index (χ4n) is 5.68. The molecule has 1 aliphatic carbocycles. The number of carboxylic acid groups (broad SMARTS) is 1. The van der Waals surface area contributed by atoms with Gasteiger partial charge in [-0.25, -0.2) is 9.59 Å². The number of amides is 3. The molecule has 0 aromatic heterocycles. The van der Waals surface area contributed by atoms with Gasteiger partial charge in [-0.1, -0.05) is 62.4 Å². The minimum absolute atomic E-state index is 0.0355. The van der Waals surface area contributed by atoms with E-state index in [4.69, 9.17) is 14.2 Å². The molecule has 0 spiro atoms. The van der Waals surface area contributed by atoms with Crippen LogP contribution in [0.15, 0.2) is 48.5 Å². The second-order valence-corrected chi connectivity index (χ2v) is 11.7. The Labute approximate surface area is 266 Å². The Hall–Kier alpha value is -4.08. The lowest BCUT2D eigenvalue weighted by Gasteiger charge is -2.39. The maximum absolute atomic E-state index is 13.1. The quantitative estimate of drug-likeness (QED) is 0.159. The van der Waals surface area contributed by atoms with Crippen LogP contribution in [0.3, 0.4) is 0 Å². The first-order valence-electron chi connectivity index (χ1n) is 15.1. The minimum atomic E-state index is -1.57.